The van der Waals surface area contributed by atoms with Crippen molar-refractivity contribution < 1.29 is 19.4 Å². The lowest BCUT2D eigenvalue weighted by Crippen LogP contribution is -2.27. The number of carboxylic acids is 1. The molecule has 0 aromatic carbocycles. The summed E-state index contributed by atoms with van der Waals surface area (Å²) in [6, 6.07) is 0. The Labute approximate surface area is 110 Å². The molecule has 0 aromatic heterocycles. The van der Waals surface area contributed by atoms with E-state index in [1.165, 1.54) is 0 Å². The number of carbonyl (C=O) groups excluding carboxylic acids is 1. The van der Waals surface area contributed by atoms with Crippen molar-refractivity contribution >= 4 is 11.9 Å². The molecule has 2 unspecified atom stereocenters. The summed E-state index contributed by atoms with van der Waals surface area (Å²) in [6.07, 6.45) is 3.11. The summed E-state index contributed by atoms with van der Waals surface area (Å²) in [5.41, 5.74) is -0.441. The van der Waals surface area contributed by atoms with Crippen molar-refractivity contribution in [1.29, 1.82) is 0 Å². The monoisotopic (exact) mass is 258 g/mol. The fourth-order valence-corrected chi connectivity index (χ4v) is 1.54. The van der Waals surface area contributed by atoms with Gasteiger partial charge in [0.05, 0.1) is 11.8 Å². The van der Waals surface area contributed by atoms with Crippen molar-refractivity contribution in [3.8, 4) is 0 Å². The molecule has 0 spiro atoms. The van der Waals surface area contributed by atoms with Gasteiger partial charge in [0.15, 0.2) is 0 Å². The molecular formula is C14H26O4. The lowest BCUT2D eigenvalue weighted by Gasteiger charge is -2.22. The molecule has 0 aliphatic carbocycles. The maximum Gasteiger partial charge on any atom is 0.309 e. The van der Waals surface area contributed by atoms with E-state index in [0.717, 1.165) is 19.3 Å². The number of carbonyl (C=O) groups is 2. The maximum absolute atomic E-state index is 11.7. The first kappa shape index (κ1) is 16.9. The SMILES string of the molecule is CC(CCCCC(C)C(=O)OC(C)(C)C)C(=O)O. The van der Waals surface area contributed by atoms with E-state index in [1.807, 2.05) is 27.7 Å². The predicted molar refractivity (Wildman–Crippen MR) is 70.3 cm³/mol. The van der Waals surface area contributed by atoms with Crippen LogP contribution in [0.25, 0.3) is 0 Å². The first-order chi connectivity index (χ1) is 8.13. The predicted octanol–water partition coefficient (Wildman–Crippen LogP) is 3.25. The highest BCUT2D eigenvalue weighted by Crippen LogP contribution is 2.17. The number of carboxylic acid groups (broad SMARTS) is 1. The molecule has 0 bridgehead atoms. The van der Waals surface area contributed by atoms with Gasteiger partial charge in [0.2, 0.25) is 0 Å². The molecule has 0 heterocycles. The number of aliphatic carboxylic acids is 1. The number of hydrogen-bond acceptors (Lipinski definition) is 3. The minimum atomic E-state index is -0.754. The van der Waals surface area contributed by atoms with Crippen LogP contribution >= 0.6 is 0 Å². The third-order valence-electron chi connectivity index (χ3n) is 2.75. The number of hydrogen-bond donors (Lipinski definition) is 1. The van der Waals surface area contributed by atoms with Crippen molar-refractivity contribution in [3.63, 3.8) is 0 Å². The van der Waals surface area contributed by atoms with E-state index in [9.17, 15) is 9.59 Å². The van der Waals surface area contributed by atoms with E-state index < -0.39 is 11.6 Å². The second kappa shape index (κ2) is 7.39. The summed E-state index contributed by atoms with van der Waals surface area (Å²) in [4.78, 5) is 22.3. The molecule has 18 heavy (non-hydrogen) atoms. The van der Waals surface area contributed by atoms with Crippen LogP contribution in [0.2, 0.25) is 0 Å². The summed E-state index contributed by atoms with van der Waals surface area (Å²) in [6.45, 7) is 9.12. The van der Waals surface area contributed by atoms with Crippen LogP contribution in [0.4, 0.5) is 0 Å². The zero-order chi connectivity index (χ0) is 14.3. The number of esters is 1. The van der Waals surface area contributed by atoms with Crippen LogP contribution < -0.4 is 0 Å². The van der Waals surface area contributed by atoms with Gasteiger partial charge in [0, 0.05) is 0 Å². The van der Waals surface area contributed by atoms with Gasteiger partial charge in [-0.05, 0) is 33.6 Å². The Bertz CT molecular complexity index is 278. The molecular weight excluding hydrogens is 232 g/mol. The molecule has 4 nitrogen and oxygen atoms in total. The second-order valence-electron chi connectivity index (χ2n) is 5.96. The third kappa shape index (κ3) is 8.09. The van der Waals surface area contributed by atoms with E-state index in [1.54, 1.807) is 6.92 Å². The van der Waals surface area contributed by atoms with Crippen molar-refractivity contribution in [2.24, 2.45) is 11.8 Å². The van der Waals surface area contributed by atoms with Crippen molar-refractivity contribution in [3.05, 3.63) is 0 Å². The van der Waals surface area contributed by atoms with Gasteiger partial charge in [-0.3, -0.25) is 9.59 Å². The Morgan fingerprint density at radius 3 is 1.89 bits per heavy atom. The van der Waals surface area contributed by atoms with Crippen molar-refractivity contribution in [2.75, 3.05) is 0 Å². The van der Waals surface area contributed by atoms with Crippen molar-refractivity contribution in [2.45, 2.75) is 65.9 Å². The summed E-state index contributed by atoms with van der Waals surface area (Å²) >= 11 is 0. The Morgan fingerprint density at radius 1 is 1.06 bits per heavy atom. The van der Waals surface area contributed by atoms with Gasteiger partial charge in [0.1, 0.15) is 5.60 Å². The zero-order valence-electron chi connectivity index (χ0n) is 12.2. The fraction of sp³-hybridized carbons (Fsp3) is 0.857. The Morgan fingerprint density at radius 2 is 1.50 bits per heavy atom. The third-order valence-corrected chi connectivity index (χ3v) is 2.75. The average Bonchev–Trinajstić information content (AvgIpc) is 2.20. The van der Waals surface area contributed by atoms with Gasteiger partial charge in [-0.1, -0.05) is 26.7 Å². The smallest absolute Gasteiger partial charge is 0.309 e. The number of rotatable bonds is 7. The van der Waals surface area contributed by atoms with Gasteiger partial charge in [-0.2, -0.15) is 0 Å². The van der Waals surface area contributed by atoms with E-state index in [4.69, 9.17) is 9.84 Å². The van der Waals surface area contributed by atoms with E-state index in [0.29, 0.717) is 6.42 Å². The first-order valence-corrected chi connectivity index (χ1v) is 6.59. The van der Waals surface area contributed by atoms with Gasteiger partial charge in [-0.15, -0.1) is 0 Å². The molecule has 0 amide bonds. The second-order valence-corrected chi connectivity index (χ2v) is 5.96. The van der Waals surface area contributed by atoms with Gasteiger partial charge >= 0.3 is 11.9 Å². The Balaban J connectivity index is 3.80. The Kier molecular flexibility index (Phi) is 6.96. The highest BCUT2D eigenvalue weighted by molar-refractivity contribution is 5.72. The lowest BCUT2D eigenvalue weighted by molar-refractivity contribution is -0.159. The number of ether oxygens (including phenoxy) is 1. The highest BCUT2D eigenvalue weighted by atomic mass is 16.6. The lowest BCUT2D eigenvalue weighted by atomic mass is 9.99. The quantitative estimate of drug-likeness (QED) is 0.562. The van der Waals surface area contributed by atoms with Gasteiger partial charge in [-0.25, -0.2) is 0 Å². The molecule has 0 saturated carbocycles. The molecule has 1 N–H and O–H groups in total. The van der Waals surface area contributed by atoms with Gasteiger partial charge < -0.3 is 9.84 Å². The highest BCUT2D eigenvalue weighted by Gasteiger charge is 2.21. The molecule has 0 saturated heterocycles. The molecule has 0 rings (SSSR count). The maximum atomic E-state index is 11.7. The molecule has 4 heteroatoms. The number of unbranched alkanes of at least 4 members (excludes halogenated alkanes) is 1. The van der Waals surface area contributed by atoms with Crippen LogP contribution in [0.3, 0.4) is 0 Å². The van der Waals surface area contributed by atoms with E-state index >= 15 is 0 Å². The van der Waals surface area contributed by atoms with E-state index in [2.05, 4.69) is 0 Å². The molecule has 0 fully saturated rings. The van der Waals surface area contributed by atoms with Crippen LogP contribution in [0.15, 0.2) is 0 Å². The molecule has 106 valence electrons. The summed E-state index contributed by atoms with van der Waals surface area (Å²) in [5, 5.41) is 8.73. The van der Waals surface area contributed by atoms with Crippen LogP contribution in [-0.2, 0) is 14.3 Å². The topological polar surface area (TPSA) is 63.6 Å². The standard InChI is InChI=1S/C14H26O4/c1-10(12(15)16)8-6-7-9-11(2)13(17)18-14(3,4)5/h10-11H,6-9H2,1-5H3,(H,15,16). The van der Waals surface area contributed by atoms with Crippen LogP contribution in [0.5, 0.6) is 0 Å². The van der Waals surface area contributed by atoms with E-state index in [-0.39, 0.29) is 17.8 Å². The van der Waals surface area contributed by atoms with Crippen LogP contribution in [0, 0.1) is 11.8 Å². The molecule has 0 aliphatic rings. The molecule has 0 aromatic rings. The summed E-state index contributed by atoms with van der Waals surface area (Å²) < 4.78 is 5.28. The zero-order valence-corrected chi connectivity index (χ0v) is 12.2. The van der Waals surface area contributed by atoms with Crippen molar-refractivity contribution in [1.82, 2.24) is 0 Å². The van der Waals surface area contributed by atoms with Crippen LogP contribution in [-0.4, -0.2) is 22.6 Å². The first-order valence-electron chi connectivity index (χ1n) is 6.59. The average molecular weight is 258 g/mol. The normalized spacial score (nSPS) is 14.9. The molecule has 2 atom stereocenters. The summed E-state index contributed by atoms with van der Waals surface area (Å²) in [7, 11) is 0. The van der Waals surface area contributed by atoms with Crippen LogP contribution in [0.1, 0.15) is 60.3 Å². The van der Waals surface area contributed by atoms with Gasteiger partial charge in [0.25, 0.3) is 0 Å². The molecule has 0 aliphatic heterocycles. The fourth-order valence-electron chi connectivity index (χ4n) is 1.54. The molecule has 0 radical (unpaired) electrons. The largest absolute Gasteiger partial charge is 0.481 e. The minimum absolute atomic E-state index is 0.121. The minimum Gasteiger partial charge on any atom is -0.481 e. The summed E-state index contributed by atoms with van der Waals surface area (Å²) in [5.74, 6) is -1.35. The Hall–Kier alpha value is -1.06.